The van der Waals surface area contributed by atoms with Gasteiger partial charge in [-0.15, -0.1) is 11.3 Å². The van der Waals surface area contributed by atoms with Crippen LogP contribution >= 0.6 is 22.9 Å². The molecule has 0 aliphatic carbocycles. The van der Waals surface area contributed by atoms with Gasteiger partial charge in [0.1, 0.15) is 21.8 Å². The van der Waals surface area contributed by atoms with Crippen LogP contribution in [0.25, 0.3) is 0 Å². The van der Waals surface area contributed by atoms with Crippen molar-refractivity contribution in [2.45, 2.75) is 27.3 Å². The number of halogens is 1. The Morgan fingerprint density at radius 1 is 1.52 bits per heavy atom. The van der Waals surface area contributed by atoms with E-state index in [2.05, 4.69) is 10.4 Å². The molecule has 1 N–H and O–H groups in total. The molecule has 132 valence electrons. The first-order valence-corrected chi connectivity index (χ1v) is 8.76. The van der Waals surface area contributed by atoms with Crippen molar-refractivity contribution >= 4 is 39.8 Å². The van der Waals surface area contributed by atoms with Crippen molar-refractivity contribution in [3.63, 3.8) is 0 Å². The average Bonchev–Trinajstić information content (AvgIpc) is 3.09. The van der Waals surface area contributed by atoms with Crippen LogP contribution in [0.15, 0.2) is 11.4 Å². The van der Waals surface area contributed by atoms with Gasteiger partial charge in [0, 0.05) is 6.54 Å². The second-order valence-electron chi connectivity index (χ2n) is 5.73. The van der Waals surface area contributed by atoms with E-state index in [1.807, 2.05) is 19.9 Å². The molecule has 0 spiro atoms. The van der Waals surface area contributed by atoms with E-state index in [1.165, 1.54) is 11.3 Å². The zero-order chi connectivity index (χ0) is 18.6. The van der Waals surface area contributed by atoms with Crippen molar-refractivity contribution in [3.8, 4) is 6.07 Å². The predicted octanol–water partition coefficient (Wildman–Crippen LogP) is 3.23. The third-order valence-electron chi connectivity index (χ3n) is 3.18. The van der Waals surface area contributed by atoms with Crippen molar-refractivity contribution < 1.29 is 14.3 Å². The molecule has 2 heterocycles. The van der Waals surface area contributed by atoms with E-state index in [0.29, 0.717) is 28.7 Å². The molecule has 2 aromatic heterocycles. The minimum Gasteiger partial charge on any atom is -0.452 e. The summed E-state index contributed by atoms with van der Waals surface area (Å²) < 4.78 is 6.57. The molecular formula is C16H17ClN4O3S. The molecule has 7 nitrogen and oxygen atoms in total. The van der Waals surface area contributed by atoms with E-state index in [0.717, 1.165) is 0 Å². The van der Waals surface area contributed by atoms with Gasteiger partial charge in [-0.2, -0.15) is 10.4 Å². The van der Waals surface area contributed by atoms with Crippen molar-refractivity contribution in [3.05, 3.63) is 33.4 Å². The Morgan fingerprint density at radius 2 is 2.24 bits per heavy atom. The maximum atomic E-state index is 12.2. The fraction of sp³-hybridized carbons (Fsp3) is 0.375. The Morgan fingerprint density at radius 3 is 2.88 bits per heavy atom. The lowest BCUT2D eigenvalue weighted by Crippen LogP contribution is -2.21. The Balaban J connectivity index is 2.00. The minimum atomic E-state index is -0.709. The molecule has 0 radical (unpaired) electrons. The summed E-state index contributed by atoms with van der Waals surface area (Å²) >= 11 is 7.42. The van der Waals surface area contributed by atoms with Gasteiger partial charge >= 0.3 is 5.97 Å². The van der Waals surface area contributed by atoms with Gasteiger partial charge in [-0.1, -0.05) is 25.4 Å². The highest BCUT2D eigenvalue weighted by molar-refractivity contribution is 7.14. The summed E-state index contributed by atoms with van der Waals surface area (Å²) in [7, 11) is 0. The average molecular weight is 381 g/mol. The Kier molecular flexibility index (Phi) is 6.17. The second-order valence-corrected chi connectivity index (χ2v) is 7.00. The number of nitriles is 1. The lowest BCUT2D eigenvalue weighted by Gasteiger charge is -2.07. The van der Waals surface area contributed by atoms with Crippen LogP contribution in [-0.4, -0.2) is 28.3 Å². The number of hydrogen-bond acceptors (Lipinski definition) is 6. The summed E-state index contributed by atoms with van der Waals surface area (Å²) in [6, 6.07) is 3.56. The number of aryl methyl sites for hydroxylation is 1. The van der Waals surface area contributed by atoms with E-state index >= 15 is 0 Å². The molecule has 0 fully saturated rings. The number of nitrogens with zero attached hydrogens (tertiary/aromatic N) is 3. The minimum absolute atomic E-state index is 0.156. The molecule has 2 aromatic rings. The Bertz CT molecular complexity index is 835. The smallest absolute Gasteiger partial charge is 0.343 e. The molecule has 0 aliphatic heterocycles. The molecule has 0 atom stereocenters. The number of amides is 1. The summed E-state index contributed by atoms with van der Waals surface area (Å²) in [5, 5.41) is 18.0. The zero-order valence-corrected chi connectivity index (χ0v) is 15.6. The maximum absolute atomic E-state index is 12.2. The normalized spacial score (nSPS) is 10.6. The van der Waals surface area contributed by atoms with Crippen molar-refractivity contribution in [2.75, 3.05) is 11.9 Å². The third kappa shape index (κ3) is 4.59. The van der Waals surface area contributed by atoms with Gasteiger partial charge < -0.3 is 10.1 Å². The highest BCUT2D eigenvalue weighted by Crippen LogP contribution is 2.23. The number of carbonyl (C=O) groups is 2. The largest absolute Gasteiger partial charge is 0.452 e. The third-order valence-corrected chi connectivity index (χ3v) is 4.39. The van der Waals surface area contributed by atoms with Gasteiger partial charge in [0.05, 0.1) is 11.3 Å². The van der Waals surface area contributed by atoms with E-state index in [9.17, 15) is 9.59 Å². The van der Waals surface area contributed by atoms with Gasteiger partial charge in [0.15, 0.2) is 6.61 Å². The number of aromatic nitrogens is 2. The molecular weight excluding hydrogens is 364 g/mol. The molecule has 25 heavy (non-hydrogen) atoms. The quantitative estimate of drug-likeness (QED) is 0.776. The van der Waals surface area contributed by atoms with Crippen LogP contribution in [-0.2, 0) is 16.1 Å². The summed E-state index contributed by atoms with van der Waals surface area (Å²) in [5.41, 5.74) is 0.962. The van der Waals surface area contributed by atoms with Crippen LogP contribution in [0.1, 0.15) is 35.5 Å². The highest BCUT2D eigenvalue weighted by Gasteiger charge is 2.23. The van der Waals surface area contributed by atoms with Crippen LogP contribution in [0, 0.1) is 24.2 Å². The zero-order valence-electron chi connectivity index (χ0n) is 14.0. The fourth-order valence-electron chi connectivity index (χ4n) is 2.11. The SMILES string of the molecule is Cc1nn(CC(C)C)c(Cl)c1C(=O)OCC(=O)Nc1sccc1C#N. The Hall–Kier alpha value is -2.37. The number of anilines is 1. The van der Waals surface area contributed by atoms with Crippen molar-refractivity contribution in [1.29, 1.82) is 5.26 Å². The number of esters is 1. The number of thiophene rings is 1. The van der Waals surface area contributed by atoms with Crippen molar-refractivity contribution in [2.24, 2.45) is 5.92 Å². The molecule has 0 bridgehead atoms. The summed E-state index contributed by atoms with van der Waals surface area (Å²) in [5.74, 6) is -0.929. The van der Waals surface area contributed by atoms with Crippen LogP contribution in [0.2, 0.25) is 5.15 Å². The van der Waals surface area contributed by atoms with E-state index in [4.69, 9.17) is 21.6 Å². The molecule has 0 aromatic carbocycles. The first-order chi connectivity index (χ1) is 11.8. The van der Waals surface area contributed by atoms with Gasteiger partial charge in [0.25, 0.3) is 5.91 Å². The summed E-state index contributed by atoms with van der Waals surface area (Å²) in [4.78, 5) is 24.1. The van der Waals surface area contributed by atoms with Crippen LogP contribution in [0.3, 0.4) is 0 Å². The molecule has 0 saturated carbocycles. The highest BCUT2D eigenvalue weighted by atomic mass is 35.5. The van der Waals surface area contributed by atoms with E-state index in [1.54, 1.807) is 23.1 Å². The monoisotopic (exact) mass is 380 g/mol. The lowest BCUT2D eigenvalue weighted by atomic mass is 10.2. The summed E-state index contributed by atoms with van der Waals surface area (Å²) in [6.45, 7) is 5.77. The van der Waals surface area contributed by atoms with Gasteiger partial charge in [-0.25, -0.2) is 4.79 Å². The molecule has 2 rings (SSSR count). The summed E-state index contributed by atoms with van der Waals surface area (Å²) in [6.07, 6.45) is 0. The predicted molar refractivity (Wildman–Crippen MR) is 94.8 cm³/mol. The standard InChI is InChI=1S/C16H17ClN4O3S/c1-9(2)7-21-14(17)13(10(3)20-21)16(23)24-8-12(22)19-15-11(6-18)4-5-25-15/h4-5,9H,7-8H2,1-3H3,(H,19,22). The number of hydrogen-bond donors (Lipinski definition) is 1. The molecule has 1 amide bonds. The molecule has 0 unspecified atom stereocenters. The van der Waals surface area contributed by atoms with Crippen molar-refractivity contribution in [1.82, 2.24) is 9.78 Å². The molecule has 0 saturated heterocycles. The molecule has 0 aliphatic rings. The number of ether oxygens (including phenoxy) is 1. The van der Waals surface area contributed by atoms with Crippen LogP contribution in [0.4, 0.5) is 5.00 Å². The maximum Gasteiger partial charge on any atom is 0.343 e. The van der Waals surface area contributed by atoms with Gasteiger partial charge in [0.2, 0.25) is 0 Å². The van der Waals surface area contributed by atoms with E-state index in [-0.39, 0.29) is 10.7 Å². The first-order valence-electron chi connectivity index (χ1n) is 7.51. The van der Waals surface area contributed by atoms with E-state index < -0.39 is 18.5 Å². The topological polar surface area (TPSA) is 97.0 Å². The van der Waals surface area contributed by atoms with Crippen LogP contribution < -0.4 is 5.32 Å². The second kappa shape index (κ2) is 8.14. The Labute approximate surface area is 154 Å². The lowest BCUT2D eigenvalue weighted by molar-refractivity contribution is -0.119. The fourth-order valence-corrected chi connectivity index (χ4v) is 3.19. The number of nitrogens with one attached hydrogen (secondary N) is 1. The van der Waals surface area contributed by atoms with Gasteiger partial charge in [-0.3, -0.25) is 9.48 Å². The van der Waals surface area contributed by atoms with Gasteiger partial charge in [-0.05, 0) is 24.3 Å². The number of rotatable bonds is 6. The first kappa shape index (κ1) is 19.0. The number of carbonyl (C=O) groups excluding carboxylic acids is 2. The molecule has 9 heteroatoms. The van der Waals surface area contributed by atoms with Crippen LogP contribution in [0.5, 0.6) is 0 Å².